The van der Waals surface area contributed by atoms with Crippen molar-refractivity contribution in [1.29, 1.82) is 0 Å². The Balaban J connectivity index is 1.56. The lowest BCUT2D eigenvalue weighted by Gasteiger charge is -2.41. The molecule has 2 heterocycles. The van der Waals surface area contributed by atoms with Crippen LogP contribution in [0.5, 0.6) is 23.0 Å². The van der Waals surface area contributed by atoms with Crippen molar-refractivity contribution in [2.24, 2.45) is 0 Å². The van der Waals surface area contributed by atoms with Gasteiger partial charge in [0.05, 0.1) is 46.5 Å². The molecule has 12 heteroatoms. The number of fused-ring (bicyclic) bond motifs is 3. The van der Waals surface area contributed by atoms with E-state index in [1.165, 1.54) is 7.11 Å². The molecule has 12 nitrogen and oxygen atoms in total. The number of nitrogens with one attached hydrogen (secondary N) is 1. The lowest BCUT2D eigenvalue weighted by Crippen LogP contribution is -2.57. The quantitative estimate of drug-likeness (QED) is 0.274. The number of ether oxygens (including phenoxy) is 5. The van der Waals surface area contributed by atoms with E-state index >= 15 is 0 Å². The molecular weight excluding hydrogens is 572 g/mol. The SMILES string of the molecule is COc1ccc(OC)c(CCN(C(=O)C2CCCO2)[C@@H]2C=C(C(=O)NCCO)[C@@H]3c4cc(CO)cc(OC)c4O[C@@H]3[C@H]2O)c1. The van der Waals surface area contributed by atoms with E-state index in [0.717, 1.165) is 12.0 Å². The fourth-order valence-corrected chi connectivity index (χ4v) is 6.30. The lowest BCUT2D eigenvalue weighted by molar-refractivity contribution is -0.146. The summed E-state index contributed by atoms with van der Waals surface area (Å²) in [5.74, 6) is 0.502. The van der Waals surface area contributed by atoms with Gasteiger partial charge in [-0.3, -0.25) is 9.59 Å². The number of hydrogen-bond donors (Lipinski definition) is 4. The normalized spacial score (nSPS) is 23.6. The second kappa shape index (κ2) is 13.9. The molecule has 1 fully saturated rings. The molecular formula is C32H40N2O10. The van der Waals surface area contributed by atoms with Crippen LogP contribution >= 0.6 is 0 Å². The summed E-state index contributed by atoms with van der Waals surface area (Å²) in [6.07, 6.45) is 0.410. The van der Waals surface area contributed by atoms with Crippen molar-refractivity contribution in [2.45, 2.75) is 56.1 Å². The van der Waals surface area contributed by atoms with Gasteiger partial charge in [-0.25, -0.2) is 0 Å². The topological polar surface area (TPSA) is 156 Å². The lowest BCUT2D eigenvalue weighted by atomic mass is 9.77. The number of carbonyl (C=O) groups excluding carboxylic acids is 2. The fraction of sp³-hybridized carbons (Fsp3) is 0.500. The van der Waals surface area contributed by atoms with Crippen LogP contribution in [-0.2, 0) is 27.4 Å². The Labute approximate surface area is 256 Å². The highest BCUT2D eigenvalue weighted by molar-refractivity contribution is 5.96. The molecule has 2 amide bonds. The summed E-state index contributed by atoms with van der Waals surface area (Å²) in [6, 6.07) is 7.84. The van der Waals surface area contributed by atoms with Gasteiger partial charge in [0.15, 0.2) is 11.5 Å². The Morgan fingerprint density at radius 3 is 2.52 bits per heavy atom. The molecule has 1 aliphatic carbocycles. The molecule has 0 aromatic heterocycles. The third kappa shape index (κ3) is 6.07. The summed E-state index contributed by atoms with van der Waals surface area (Å²) in [5.41, 5.74) is 2.22. The van der Waals surface area contributed by atoms with Crippen molar-refractivity contribution in [3.63, 3.8) is 0 Å². The van der Waals surface area contributed by atoms with Gasteiger partial charge in [-0.05, 0) is 66.8 Å². The Morgan fingerprint density at radius 1 is 1.07 bits per heavy atom. The summed E-state index contributed by atoms with van der Waals surface area (Å²) >= 11 is 0. The predicted molar refractivity (Wildman–Crippen MR) is 158 cm³/mol. The van der Waals surface area contributed by atoms with Gasteiger partial charge in [-0.1, -0.05) is 0 Å². The average Bonchev–Trinajstić information content (AvgIpc) is 3.73. The minimum atomic E-state index is -1.23. The van der Waals surface area contributed by atoms with Gasteiger partial charge in [0.25, 0.3) is 5.91 Å². The summed E-state index contributed by atoms with van der Waals surface area (Å²) < 4.78 is 28.6. The number of methoxy groups -OCH3 is 3. The number of aliphatic hydroxyl groups is 3. The molecule has 2 aromatic carbocycles. The Bertz CT molecular complexity index is 1390. The van der Waals surface area contributed by atoms with Gasteiger partial charge in [0.1, 0.15) is 29.8 Å². The molecule has 44 heavy (non-hydrogen) atoms. The number of carbonyl (C=O) groups is 2. The summed E-state index contributed by atoms with van der Waals surface area (Å²) in [5, 5.41) is 33.9. The van der Waals surface area contributed by atoms with Crippen LogP contribution in [0.3, 0.4) is 0 Å². The van der Waals surface area contributed by atoms with E-state index in [2.05, 4.69) is 5.32 Å². The molecule has 1 saturated heterocycles. The van der Waals surface area contributed by atoms with Crippen LogP contribution in [0.4, 0.5) is 0 Å². The maximum Gasteiger partial charge on any atom is 0.252 e. The van der Waals surface area contributed by atoms with E-state index in [1.807, 2.05) is 6.07 Å². The number of benzene rings is 2. The van der Waals surface area contributed by atoms with Crippen molar-refractivity contribution in [1.82, 2.24) is 10.2 Å². The van der Waals surface area contributed by atoms with Crippen LogP contribution in [0.15, 0.2) is 42.0 Å². The molecule has 5 rings (SSSR count). The Kier molecular flexibility index (Phi) is 9.94. The highest BCUT2D eigenvalue weighted by atomic mass is 16.5. The van der Waals surface area contributed by atoms with Crippen LogP contribution in [-0.4, -0.2) is 104 Å². The van der Waals surface area contributed by atoms with Gasteiger partial charge >= 0.3 is 0 Å². The van der Waals surface area contributed by atoms with E-state index in [0.29, 0.717) is 53.6 Å². The van der Waals surface area contributed by atoms with Gasteiger partial charge in [0.2, 0.25) is 5.91 Å². The van der Waals surface area contributed by atoms with E-state index < -0.39 is 36.2 Å². The number of amides is 2. The van der Waals surface area contributed by atoms with Crippen LogP contribution in [0.1, 0.15) is 35.4 Å². The minimum absolute atomic E-state index is 0.0166. The smallest absolute Gasteiger partial charge is 0.252 e. The van der Waals surface area contributed by atoms with Crippen molar-refractivity contribution >= 4 is 11.8 Å². The number of hydrogen-bond acceptors (Lipinski definition) is 10. The summed E-state index contributed by atoms with van der Waals surface area (Å²) in [6.45, 7) is 0.124. The predicted octanol–water partition coefficient (Wildman–Crippen LogP) is 1.08. The number of rotatable bonds is 12. The zero-order chi connectivity index (χ0) is 31.4. The summed E-state index contributed by atoms with van der Waals surface area (Å²) in [7, 11) is 4.61. The number of nitrogens with zero attached hydrogens (tertiary/aromatic N) is 1. The van der Waals surface area contributed by atoms with Gasteiger partial charge in [0, 0.05) is 30.8 Å². The maximum atomic E-state index is 14.0. The van der Waals surface area contributed by atoms with Crippen LogP contribution < -0.4 is 24.3 Å². The highest BCUT2D eigenvalue weighted by Crippen LogP contribution is 2.51. The highest BCUT2D eigenvalue weighted by Gasteiger charge is 2.52. The second-order valence-corrected chi connectivity index (χ2v) is 11.0. The molecule has 0 saturated carbocycles. The van der Waals surface area contributed by atoms with E-state index in [9.17, 15) is 24.9 Å². The average molecular weight is 613 g/mol. The first-order chi connectivity index (χ1) is 21.3. The van der Waals surface area contributed by atoms with Crippen molar-refractivity contribution in [3.05, 3.63) is 58.7 Å². The van der Waals surface area contributed by atoms with E-state index in [1.54, 1.807) is 49.5 Å². The standard InChI is InChI=1S/C32H40N2O10/c1-40-20-6-7-24(41-2)19(15-20)8-10-34(32(39)25-5-4-12-43-25)23-16-22(31(38)33-9-11-35)27-21-13-18(17-36)14-26(42-3)29(21)44-30(27)28(23)37/h6-7,13-16,23,25,27-28,30,35-37H,4-5,8-12,17H2,1-3H3,(H,33,38)/t23-,25?,27+,28+,30+/m1/s1. The Hall–Kier alpha value is -3.84. The first-order valence-electron chi connectivity index (χ1n) is 14.7. The molecule has 0 radical (unpaired) electrons. The van der Waals surface area contributed by atoms with Crippen molar-refractivity contribution in [3.8, 4) is 23.0 Å². The number of aliphatic hydroxyl groups excluding tert-OH is 3. The molecule has 238 valence electrons. The first kappa shape index (κ1) is 31.6. The molecule has 2 aliphatic heterocycles. The fourth-order valence-electron chi connectivity index (χ4n) is 6.30. The minimum Gasteiger partial charge on any atom is -0.497 e. The third-order valence-electron chi connectivity index (χ3n) is 8.45. The van der Waals surface area contributed by atoms with Crippen LogP contribution in [0, 0.1) is 0 Å². The van der Waals surface area contributed by atoms with E-state index in [-0.39, 0.29) is 37.8 Å². The monoisotopic (exact) mass is 612 g/mol. The molecule has 4 N–H and O–H groups in total. The van der Waals surface area contributed by atoms with Crippen LogP contribution in [0.25, 0.3) is 0 Å². The molecule has 0 spiro atoms. The molecule has 5 atom stereocenters. The molecule has 2 aromatic rings. The largest absolute Gasteiger partial charge is 0.497 e. The molecule has 3 aliphatic rings. The van der Waals surface area contributed by atoms with E-state index in [4.69, 9.17) is 23.7 Å². The van der Waals surface area contributed by atoms with Gasteiger partial charge in [-0.15, -0.1) is 0 Å². The third-order valence-corrected chi connectivity index (χ3v) is 8.45. The molecule has 0 bridgehead atoms. The van der Waals surface area contributed by atoms with Crippen molar-refractivity contribution < 1.29 is 48.6 Å². The van der Waals surface area contributed by atoms with Crippen LogP contribution in [0.2, 0.25) is 0 Å². The summed E-state index contributed by atoms with van der Waals surface area (Å²) in [4.78, 5) is 29.2. The zero-order valence-electron chi connectivity index (χ0n) is 25.2. The Morgan fingerprint density at radius 2 is 1.86 bits per heavy atom. The first-order valence-corrected chi connectivity index (χ1v) is 14.7. The zero-order valence-corrected chi connectivity index (χ0v) is 25.2. The van der Waals surface area contributed by atoms with Crippen molar-refractivity contribution in [2.75, 3.05) is 47.6 Å². The van der Waals surface area contributed by atoms with Gasteiger partial charge in [-0.2, -0.15) is 0 Å². The second-order valence-electron chi connectivity index (χ2n) is 11.0. The van der Waals surface area contributed by atoms with Gasteiger partial charge < -0.3 is 49.2 Å². The molecule has 1 unspecified atom stereocenters. The maximum absolute atomic E-state index is 14.0.